The van der Waals surface area contributed by atoms with Crippen LogP contribution in [-0.4, -0.2) is 109 Å². The van der Waals surface area contributed by atoms with Crippen molar-refractivity contribution in [3.8, 4) is 23.0 Å². The summed E-state index contributed by atoms with van der Waals surface area (Å²) < 4.78 is 28.4. The van der Waals surface area contributed by atoms with E-state index in [0.717, 1.165) is 24.3 Å². The van der Waals surface area contributed by atoms with Gasteiger partial charge in [0, 0.05) is 32.1 Å². The van der Waals surface area contributed by atoms with Crippen LogP contribution in [0.1, 0.15) is 53.8 Å². The lowest BCUT2D eigenvalue weighted by atomic mass is 9.77. The number of phenolic OH excluding ortho intramolecular Hbond substituents is 4. The summed E-state index contributed by atoms with van der Waals surface area (Å²) in [6.07, 6.45) is 0.237. The Bertz CT molecular complexity index is 1630. The Morgan fingerprint density at radius 3 is 1.88 bits per heavy atom. The Morgan fingerprint density at radius 1 is 0.875 bits per heavy atom. The molecule has 0 aromatic heterocycles. The van der Waals surface area contributed by atoms with E-state index in [1.54, 1.807) is 6.92 Å². The number of benzene rings is 2. The average molecular weight is 677 g/mol. The number of aliphatic carboxylic acids is 1. The molecule has 8 N–H and O–H groups in total. The topological polar surface area (TPSA) is 220 Å². The van der Waals surface area contributed by atoms with Gasteiger partial charge in [-0.15, -0.1) is 0 Å². The molecule has 0 saturated carbocycles. The molecule has 4 rings (SSSR count). The second-order valence-corrected chi connectivity index (χ2v) is 11.9. The number of carboxylic acids is 1. The summed E-state index contributed by atoms with van der Waals surface area (Å²) in [4.78, 5) is 53.1. The summed E-state index contributed by atoms with van der Waals surface area (Å²) in [5, 5.41) is 63.2. The number of aliphatic hydroxyl groups is 1. The van der Waals surface area contributed by atoms with E-state index in [9.17, 15) is 58.6 Å². The van der Waals surface area contributed by atoms with Gasteiger partial charge in [-0.25, -0.2) is 13.6 Å². The van der Waals surface area contributed by atoms with Gasteiger partial charge >= 0.3 is 5.97 Å². The van der Waals surface area contributed by atoms with E-state index in [1.165, 1.54) is 11.8 Å². The number of nitrogens with zero attached hydrogens (tertiary/aromatic N) is 2. The third-order valence-corrected chi connectivity index (χ3v) is 8.71. The molecule has 3 amide bonds. The van der Waals surface area contributed by atoms with Crippen LogP contribution in [0, 0.1) is 23.5 Å². The summed E-state index contributed by atoms with van der Waals surface area (Å²) in [6, 6.07) is 3.52. The minimum Gasteiger partial charge on any atom is -0.504 e. The van der Waals surface area contributed by atoms with Crippen LogP contribution in [-0.2, 0) is 9.59 Å². The molecule has 4 atom stereocenters. The van der Waals surface area contributed by atoms with Crippen LogP contribution in [0.25, 0.3) is 0 Å². The number of phenols is 4. The molecule has 0 aliphatic carbocycles. The van der Waals surface area contributed by atoms with E-state index in [-0.39, 0.29) is 31.2 Å². The van der Waals surface area contributed by atoms with E-state index in [0.29, 0.717) is 37.9 Å². The van der Waals surface area contributed by atoms with Gasteiger partial charge in [-0.05, 0) is 62.6 Å². The summed E-state index contributed by atoms with van der Waals surface area (Å²) in [7, 11) is 0. The molecule has 16 heteroatoms. The van der Waals surface area contributed by atoms with E-state index in [4.69, 9.17) is 0 Å². The van der Waals surface area contributed by atoms with Crippen molar-refractivity contribution < 1.29 is 58.6 Å². The Hall–Kier alpha value is -4.96. The average Bonchev–Trinajstić information content (AvgIpc) is 3.27. The number of carboxylic acid groups (broad SMARTS) is 1. The number of rotatable bonds is 15. The lowest BCUT2D eigenvalue weighted by Crippen LogP contribution is -2.63. The molecule has 0 spiro atoms. The molecule has 2 aliphatic heterocycles. The van der Waals surface area contributed by atoms with Crippen molar-refractivity contribution in [1.29, 1.82) is 0 Å². The molecule has 1 fully saturated rings. The van der Waals surface area contributed by atoms with Crippen LogP contribution in [0.2, 0.25) is 0 Å². The Balaban J connectivity index is 1.40. The molecule has 14 nitrogen and oxygen atoms in total. The van der Waals surface area contributed by atoms with Crippen molar-refractivity contribution in [1.82, 2.24) is 20.4 Å². The van der Waals surface area contributed by atoms with Crippen LogP contribution in [0.5, 0.6) is 23.0 Å². The Labute approximate surface area is 273 Å². The highest BCUT2D eigenvalue weighted by Gasteiger charge is 2.59. The summed E-state index contributed by atoms with van der Waals surface area (Å²) in [6.45, 7) is 4.28. The minimum absolute atomic E-state index is 0.0647. The second kappa shape index (κ2) is 14.9. The highest BCUT2D eigenvalue weighted by Crippen LogP contribution is 2.47. The maximum Gasteiger partial charge on any atom is 0.352 e. The molecule has 0 bridgehead atoms. The predicted molar refractivity (Wildman–Crippen MR) is 164 cm³/mol. The number of aliphatic hydroxyl groups excluding tert-OH is 1. The van der Waals surface area contributed by atoms with Gasteiger partial charge in [0.05, 0.1) is 29.2 Å². The number of carbonyl (C=O) groups excluding carboxylic acids is 3. The highest BCUT2D eigenvalue weighted by molar-refractivity contribution is 6.00. The van der Waals surface area contributed by atoms with Crippen molar-refractivity contribution in [3.63, 3.8) is 0 Å². The van der Waals surface area contributed by atoms with E-state index < -0.39 is 87.5 Å². The minimum atomic E-state index is -1.28. The lowest BCUT2D eigenvalue weighted by Gasteiger charge is -2.46. The third-order valence-electron chi connectivity index (χ3n) is 8.71. The van der Waals surface area contributed by atoms with Gasteiger partial charge in [0.2, 0.25) is 5.91 Å². The van der Waals surface area contributed by atoms with Crippen LogP contribution >= 0.6 is 0 Å². The Morgan fingerprint density at radius 2 is 1.38 bits per heavy atom. The number of halogens is 2. The van der Waals surface area contributed by atoms with Crippen molar-refractivity contribution in [2.24, 2.45) is 11.8 Å². The first-order valence-electron chi connectivity index (χ1n) is 15.3. The fraction of sp³-hybridized carbons (Fsp3) is 0.438. The van der Waals surface area contributed by atoms with Gasteiger partial charge in [-0.2, -0.15) is 0 Å². The van der Waals surface area contributed by atoms with Gasteiger partial charge < -0.3 is 46.2 Å². The zero-order valence-corrected chi connectivity index (χ0v) is 26.2. The number of hydrogen-bond donors (Lipinski definition) is 8. The third kappa shape index (κ3) is 7.13. The molecule has 1 saturated heterocycles. The molecule has 1 unspecified atom stereocenters. The monoisotopic (exact) mass is 676 g/mol. The molecule has 2 aromatic carbocycles. The maximum absolute atomic E-state index is 14.2. The fourth-order valence-corrected chi connectivity index (χ4v) is 6.18. The number of fused-ring (bicyclic) bond motifs is 1. The highest BCUT2D eigenvalue weighted by atomic mass is 19.1. The van der Waals surface area contributed by atoms with Crippen molar-refractivity contribution in [2.45, 2.75) is 45.3 Å². The van der Waals surface area contributed by atoms with Crippen molar-refractivity contribution in [2.75, 3.05) is 32.7 Å². The number of β-lactam (4-membered cyclic amide) rings is 1. The molecule has 2 aliphatic rings. The number of aromatic hydroxyl groups is 4. The van der Waals surface area contributed by atoms with Gasteiger partial charge in [0.15, 0.2) is 34.6 Å². The van der Waals surface area contributed by atoms with E-state index >= 15 is 0 Å². The molecule has 0 radical (unpaired) electrons. The fourth-order valence-electron chi connectivity index (χ4n) is 6.18. The maximum atomic E-state index is 14.2. The van der Waals surface area contributed by atoms with Crippen LogP contribution in [0.3, 0.4) is 0 Å². The number of carbonyl (C=O) groups is 4. The smallest absolute Gasteiger partial charge is 0.352 e. The summed E-state index contributed by atoms with van der Waals surface area (Å²) in [5.74, 6) is -10.5. The number of hydrogen-bond acceptors (Lipinski definition) is 10. The molecule has 260 valence electrons. The normalized spacial score (nSPS) is 19.2. The summed E-state index contributed by atoms with van der Waals surface area (Å²) in [5.41, 5.74) is -0.564. The Kier molecular flexibility index (Phi) is 11.1. The first-order chi connectivity index (χ1) is 22.7. The zero-order valence-electron chi connectivity index (χ0n) is 26.2. The first kappa shape index (κ1) is 35.9. The molecule has 2 aromatic rings. The van der Waals surface area contributed by atoms with Crippen LogP contribution in [0.4, 0.5) is 8.78 Å². The largest absolute Gasteiger partial charge is 0.504 e. The van der Waals surface area contributed by atoms with Crippen molar-refractivity contribution in [3.05, 3.63) is 58.3 Å². The number of unbranched alkanes of at least 4 members (excludes halogenated alkanes) is 1. The first-order valence-corrected chi connectivity index (χ1v) is 15.3. The van der Waals surface area contributed by atoms with Crippen LogP contribution < -0.4 is 10.6 Å². The van der Waals surface area contributed by atoms with Gasteiger partial charge in [0.25, 0.3) is 11.8 Å². The summed E-state index contributed by atoms with van der Waals surface area (Å²) >= 11 is 0. The molecular weight excluding hydrogens is 638 g/mol. The van der Waals surface area contributed by atoms with E-state index in [2.05, 4.69) is 10.6 Å². The molecule has 48 heavy (non-hydrogen) atoms. The lowest BCUT2D eigenvalue weighted by molar-refractivity contribution is -0.163. The van der Waals surface area contributed by atoms with Crippen LogP contribution in [0.15, 0.2) is 35.5 Å². The van der Waals surface area contributed by atoms with Crippen molar-refractivity contribution >= 4 is 23.7 Å². The second-order valence-electron chi connectivity index (χ2n) is 11.9. The molecule has 2 heterocycles. The van der Waals surface area contributed by atoms with Gasteiger partial charge in [-0.3, -0.25) is 19.3 Å². The SMILES string of the molecule is C[C@H]1C(CN(CCCCNC(=O)c2ccc(O)c(O)c2F)CCCNC(=O)c2ccc(O)c(O)c2F)=C(C(=O)O)N2C(=O)[C@H]([C@@H](C)O)C12. The molecular formula is C32H38F2N4O10. The van der Waals surface area contributed by atoms with Gasteiger partial charge in [-0.1, -0.05) is 6.92 Å². The number of amides is 3. The quantitative estimate of drug-likeness (QED) is 0.0770. The predicted octanol–water partition coefficient (Wildman–Crippen LogP) is 1.62. The van der Waals surface area contributed by atoms with Gasteiger partial charge in [0.1, 0.15) is 5.70 Å². The number of nitrogens with one attached hydrogen (secondary N) is 2. The van der Waals surface area contributed by atoms with E-state index in [1.807, 2.05) is 4.90 Å². The standard InChI is InChI=1S/C32H38F2N4O10/c1-15-19(26(32(47)48)38-25(15)22(16(2)39)31(38)46)14-37(13-5-11-36-30(45)18-7-9-21(41)28(43)24(18)34)12-4-3-10-35-29(44)17-6-8-20(40)27(42)23(17)33/h6-9,15-16,22,25,39-43H,3-5,10-14H2,1-2H3,(H,35,44)(H,36,45)(H,47,48)/t15-,16+,22+,25?/m0/s1. The zero-order chi connectivity index (χ0) is 35.4.